The normalized spacial score (nSPS) is 30.1. The number of amides is 1. The maximum atomic E-state index is 12.0. The summed E-state index contributed by atoms with van der Waals surface area (Å²) in [6.07, 6.45) is 2.10. The van der Waals surface area contributed by atoms with Crippen molar-refractivity contribution in [1.29, 1.82) is 0 Å². The molecule has 6 nitrogen and oxygen atoms in total. The highest BCUT2D eigenvalue weighted by molar-refractivity contribution is 5.84. The van der Waals surface area contributed by atoms with Crippen LogP contribution in [0.15, 0.2) is 0 Å². The summed E-state index contributed by atoms with van der Waals surface area (Å²) >= 11 is 0. The molecule has 17 heavy (non-hydrogen) atoms. The van der Waals surface area contributed by atoms with Crippen molar-refractivity contribution in [3.63, 3.8) is 0 Å². The number of carbonyl (C=O) groups is 2. The van der Waals surface area contributed by atoms with Crippen LogP contribution in [-0.2, 0) is 14.3 Å². The van der Waals surface area contributed by atoms with Crippen LogP contribution in [0.5, 0.6) is 0 Å². The van der Waals surface area contributed by atoms with Gasteiger partial charge in [-0.15, -0.1) is 0 Å². The van der Waals surface area contributed by atoms with E-state index in [1.165, 1.54) is 0 Å². The summed E-state index contributed by atoms with van der Waals surface area (Å²) in [6.45, 7) is 2.53. The van der Waals surface area contributed by atoms with Crippen LogP contribution in [0.2, 0.25) is 0 Å². The van der Waals surface area contributed by atoms with Gasteiger partial charge in [-0.3, -0.25) is 15.0 Å². The van der Waals surface area contributed by atoms with Gasteiger partial charge in [0.25, 0.3) is 0 Å². The van der Waals surface area contributed by atoms with Crippen molar-refractivity contribution < 1.29 is 19.4 Å². The number of rotatable bonds is 3. The summed E-state index contributed by atoms with van der Waals surface area (Å²) in [5, 5.41) is 10.8. The van der Waals surface area contributed by atoms with Crippen LogP contribution in [0.1, 0.15) is 19.3 Å². The van der Waals surface area contributed by atoms with E-state index < -0.39 is 11.9 Å². The predicted molar refractivity (Wildman–Crippen MR) is 59.0 cm³/mol. The summed E-state index contributed by atoms with van der Waals surface area (Å²) in [7, 11) is 0. The molecule has 6 heteroatoms. The molecule has 2 fully saturated rings. The van der Waals surface area contributed by atoms with Crippen LogP contribution in [0.3, 0.4) is 0 Å². The first-order valence-corrected chi connectivity index (χ1v) is 6.04. The molecule has 1 heterocycles. The number of ether oxygens (including phenoxy) is 1. The van der Waals surface area contributed by atoms with Crippen molar-refractivity contribution in [2.24, 2.45) is 11.8 Å². The molecule has 0 aromatic rings. The lowest BCUT2D eigenvalue weighted by Crippen LogP contribution is -2.51. The lowest BCUT2D eigenvalue weighted by Gasteiger charge is -2.28. The minimum absolute atomic E-state index is 0.156. The Morgan fingerprint density at radius 1 is 1.18 bits per heavy atom. The Hall–Kier alpha value is -1.14. The van der Waals surface area contributed by atoms with Gasteiger partial charge in [0, 0.05) is 13.1 Å². The third-order valence-corrected chi connectivity index (χ3v) is 3.45. The molecule has 96 valence electrons. The molecule has 1 aliphatic carbocycles. The number of carboxylic acids is 1. The van der Waals surface area contributed by atoms with Crippen molar-refractivity contribution >= 4 is 11.9 Å². The van der Waals surface area contributed by atoms with Gasteiger partial charge < -0.3 is 9.84 Å². The number of hydrogen-bond donors (Lipinski definition) is 2. The second-order valence-electron chi connectivity index (χ2n) is 4.56. The van der Waals surface area contributed by atoms with Crippen LogP contribution < -0.4 is 5.43 Å². The minimum atomic E-state index is -0.857. The molecule has 1 aliphatic heterocycles. The predicted octanol–water partition coefficient (Wildman–Crippen LogP) is -0.149. The third-order valence-electron chi connectivity index (χ3n) is 3.45. The summed E-state index contributed by atoms with van der Waals surface area (Å²) in [5.74, 6) is -1.91. The smallest absolute Gasteiger partial charge is 0.307 e. The zero-order valence-corrected chi connectivity index (χ0v) is 9.72. The van der Waals surface area contributed by atoms with Gasteiger partial charge in [0.2, 0.25) is 5.91 Å². The first-order chi connectivity index (χ1) is 8.18. The number of aliphatic carboxylic acids is 1. The van der Waals surface area contributed by atoms with E-state index in [-0.39, 0.29) is 11.8 Å². The number of hydrazine groups is 1. The average molecular weight is 242 g/mol. The van der Waals surface area contributed by atoms with Crippen molar-refractivity contribution in [2.45, 2.75) is 19.3 Å². The first kappa shape index (κ1) is 12.3. The number of morpholine rings is 1. The standard InChI is InChI=1S/C11H18N2O4/c14-10(12-13-4-6-17-7-5-13)8-2-1-3-9(8)11(15)16/h8-9H,1-7H2,(H,12,14)(H,15,16). The molecule has 0 aromatic heterocycles. The second-order valence-corrected chi connectivity index (χ2v) is 4.56. The molecule has 0 bridgehead atoms. The van der Waals surface area contributed by atoms with Crippen molar-refractivity contribution in [3.8, 4) is 0 Å². The molecule has 1 saturated carbocycles. The number of hydrogen-bond acceptors (Lipinski definition) is 4. The van der Waals surface area contributed by atoms with E-state index in [9.17, 15) is 9.59 Å². The molecular weight excluding hydrogens is 224 g/mol. The molecule has 0 aromatic carbocycles. The average Bonchev–Trinajstić information content (AvgIpc) is 2.79. The summed E-state index contributed by atoms with van der Waals surface area (Å²) < 4.78 is 5.18. The van der Waals surface area contributed by atoms with E-state index in [0.717, 1.165) is 6.42 Å². The van der Waals surface area contributed by atoms with Gasteiger partial charge >= 0.3 is 5.97 Å². The van der Waals surface area contributed by atoms with E-state index in [4.69, 9.17) is 9.84 Å². The lowest BCUT2D eigenvalue weighted by molar-refractivity contribution is -0.147. The van der Waals surface area contributed by atoms with Crippen LogP contribution in [-0.4, -0.2) is 48.3 Å². The number of nitrogens with zero attached hydrogens (tertiary/aromatic N) is 1. The highest BCUT2D eigenvalue weighted by Gasteiger charge is 2.38. The van der Waals surface area contributed by atoms with Gasteiger partial charge in [-0.2, -0.15) is 0 Å². The summed E-state index contributed by atoms with van der Waals surface area (Å²) in [5.41, 5.74) is 2.80. The highest BCUT2D eigenvalue weighted by atomic mass is 16.5. The Morgan fingerprint density at radius 2 is 1.82 bits per heavy atom. The largest absolute Gasteiger partial charge is 0.481 e. The Kier molecular flexibility index (Phi) is 3.96. The monoisotopic (exact) mass is 242 g/mol. The molecule has 0 radical (unpaired) electrons. The number of carboxylic acid groups (broad SMARTS) is 1. The Morgan fingerprint density at radius 3 is 2.47 bits per heavy atom. The molecule has 1 saturated heterocycles. The molecule has 2 unspecified atom stereocenters. The molecule has 1 amide bonds. The fourth-order valence-corrected chi connectivity index (χ4v) is 2.48. The van der Waals surface area contributed by atoms with Gasteiger partial charge in [0.15, 0.2) is 0 Å². The zero-order chi connectivity index (χ0) is 12.3. The molecule has 2 N–H and O–H groups in total. The van der Waals surface area contributed by atoms with Gasteiger partial charge in [0.1, 0.15) is 0 Å². The van der Waals surface area contributed by atoms with E-state index >= 15 is 0 Å². The SMILES string of the molecule is O=C(O)C1CCCC1C(=O)NN1CCOCC1. The minimum Gasteiger partial charge on any atom is -0.481 e. The van der Waals surface area contributed by atoms with Crippen LogP contribution in [0.4, 0.5) is 0 Å². The fraction of sp³-hybridized carbons (Fsp3) is 0.818. The van der Waals surface area contributed by atoms with Crippen LogP contribution in [0.25, 0.3) is 0 Å². The van der Waals surface area contributed by atoms with Crippen LogP contribution >= 0.6 is 0 Å². The van der Waals surface area contributed by atoms with E-state index in [2.05, 4.69) is 5.43 Å². The van der Waals surface area contributed by atoms with E-state index in [0.29, 0.717) is 39.1 Å². The Balaban J connectivity index is 1.88. The summed E-state index contributed by atoms with van der Waals surface area (Å²) in [4.78, 5) is 23.0. The quantitative estimate of drug-likeness (QED) is 0.719. The third kappa shape index (κ3) is 2.95. The molecule has 2 atom stereocenters. The van der Waals surface area contributed by atoms with Gasteiger partial charge in [-0.25, -0.2) is 5.01 Å². The van der Waals surface area contributed by atoms with Gasteiger partial charge in [-0.05, 0) is 12.8 Å². The highest BCUT2D eigenvalue weighted by Crippen LogP contribution is 2.32. The van der Waals surface area contributed by atoms with Crippen molar-refractivity contribution in [3.05, 3.63) is 0 Å². The zero-order valence-electron chi connectivity index (χ0n) is 9.72. The second kappa shape index (κ2) is 5.46. The maximum Gasteiger partial charge on any atom is 0.307 e. The molecule has 0 spiro atoms. The maximum absolute atomic E-state index is 12.0. The molecule has 2 rings (SSSR count). The van der Waals surface area contributed by atoms with E-state index in [1.807, 2.05) is 5.01 Å². The van der Waals surface area contributed by atoms with Crippen LogP contribution in [0, 0.1) is 11.8 Å². The summed E-state index contributed by atoms with van der Waals surface area (Å²) in [6, 6.07) is 0. The van der Waals surface area contributed by atoms with Crippen molar-refractivity contribution in [2.75, 3.05) is 26.3 Å². The molecular formula is C11H18N2O4. The van der Waals surface area contributed by atoms with E-state index in [1.54, 1.807) is 0 Å². The lowest BCUT2D eigenvalue weighted by atomic mass is 9.96. The fourth-order valence-electron chi connectivity index (χ4n) is 2.48. The topological polar surface area (TPSA) is 78.9 Å². The first-order valence-electron chi connectivity index (χ1n) is 6.04. The van der Waals surface area contributed by atoms with Gasteiger partial charge in [-0.1, -0.05) is 6.42 Å². The number of carbonyl (C=O) groups excluding carboxylic acids is 1. The Labute approximate surface area is 99.9 Å². The number of nitrogens with one attached hydrogen (secondary N) is 1. The van der Waals surface area contributed by atoms with Crippen molar-refractivity contribution in [1.82, 2.24) is 10.4 Å². The Bertz CT molecular complexity index is 302. The van der Waals surface area contributed by atoms with Gasteiger partial charge in [0.05, 0.1) is 25.0 Å². The molecule has 2 aliphatic rings.